The Morgan fingerprint density at radius 2 is 1.74 bits per heavy atom. The number of rotatable bonds is 6. The normalized spacial score (nSPS) is 14.0. The van der Waals surface area contributed by atoms with Gasteiger partial charge in [-0.1, -0.05) is 0 Å². The van der Waals surface area contributed by atoms with E-state index in [1.807, 2.05) is 0 Å². The van der Waals surface area contributed by atoms with Crippen molar-refractivity contribution in [3.63, 3.8) is 0 Å². The third-order valence-corrected chi connectivity index (χ3v) is 5.89. The monoisotopic (exact) mass is 528 g/mol. The van der Waals surface area contributed by atoms with Crippen molar-refractivity contribution in [2.75, 3.05) is 55.5 Å². The van der Waals surface area contributed by atoms with E-state index in [0.29, 0.717) is 49.1 Å². The Hall–Kier alpha value is -4.26. The van der Waals surface area contributed by atoms with Crippen LogP contribution >= 0.6 is 0 Å². The molecule has 4 aromatic rings. The molecule has 1 N–H and O–H groups in total. The Balaban J connectivity index is 1.34. The van der Waals surface area contributed by atoms with E-state index < -0.39 is 17.6 Å². The molecule has 0 radical (unpaired) electrons. The summed E-state index contributed by atoms with van der Waals surface area (Å²) < 4.78 is 61.2. The Kier molecular flexibility index (Phi) is 6.85. The fourth-order valence-corrected chi connectivity index (χ4v) is 3.92. The maximum absolute atomic E-state index is 14.4. The molecular formula is C25H24F4N8O. The van der Waals surface area contributed by atoms with E-state index >= 15 is 0 Å². The number of pyridine rings is 1. The van der Waals surface area contributed by atoms with Crippen LogP contribution in [0.4, 0.5) is 40.4 Å². The van der Waals surface area contributed by atoms with Gasteiger partial charge in [0.1, 0.15) is 5.69 Å². The molecule has 1 aliphatic rings. The summed E-state index contributed by atoms with van der Waals surface area (Å²) in [4.78, 5) is 16.2. The van der Waals surface area contributed by atoms with Gasteiger partial charge in [0.2, 0.25) is 0 Å². The van der Waals surface area contributed by atoms with E-state index in [1.165, 1.54) is 10.9 Å². The molecule has 0 amide bonds. The summed E-state index contributed by atoms with van der Waals surface area (Å²) in [6.45, 7) is 2.04. The van der Waals surface area contributed by atoms with E-state index in [4.69, 9.17) is 4.74 Å². The Labute approximate surface area is 215 Å². The van der Waals surface area contributed by atoms with Gasteiger partial charge in [0.25, 0.3) is 5.95 Å². The second-order valence-electron chi connectivity index (χ2n) is 8.80. The molecule has 0 atom stereocenters. The van der Waals surface area contributed by atoms with Crippen LogP contribution in [0.3, 0.4) is 0 Å². The predicted molar refractivity (Wildman–Crippen MR) is 134 cm³/mol. The van der Waals surface area contributed by atoms with Crippen LogP contribution in [0.25, 0.3) is 17.3 Å². The summed E-state index contributed by atoms with van der Waals surface area (Å²) in [5.41, 5.74) is 1.51. The third-order valence-electron chi connectivity index (χ3n) is 5.89. The van der Waals surface area contributed by atoms with Gasteiger partial charge in [-0.2, -0.15) is 23.3 Å². The summed E-state index contributed by atoms with van der Waals surface area (Å²) in [6, 6.07) is 8.88. The standard InChI is InChI=1S/C25H24F4N8O/c1-35(2)19-12-16(25(27,28)29)11-18(13-19)32-17-3-4-21(30-14-17)22-5-6-37(34-22)24-31-15-20(26)23(33-24)36-7-9-38-10-8-36/h3-6,11-15,32H,7-10H2,1-2H3. The smallest absolute Gasteiger partial charge is 0.378 e. The van der Waals surface area contributed by atoms with E-state index in [-0.39, 0.29) is 17.5 Å². The van der Waals surface area contributed by atoms with Crippen molar-refractivity contribution < 1.29 is 22.3 Å². The van der Waals surface area contributed by atoms with Crippen molar-refractivity contribution in [3.8, 4) is 17.3 Å². The fourth-order valence-electron chi connectivity index (χ4n) is 3.92. The van der Waals surface area contributed by atoms with Crippen LogP contribution in [0.15, 0.2) is 55.0 Å². The molecule has 0 aliphatic carbocycles. The van der Waals surface area contributed by atoms with Gasteiger partial charge < -0.3 is 19.9 Å². The molecule has 198 valence electrons. The van der Waals surface area contributed by atoms with Crippen molar-refractivity contribution >= 4 is 22.9 Å². The van der Waals surface area contributed by atoms with Gasteiger partial charge >= 0.3 is 6.18 Å². The number of halogens is 4. The van der Waals surface area contributed by atoms with Gasteiger partial charge in [-0.3, -0.25) is 4.98 Å². The van der Waals surface area contributed by atoms with Gasteiger partial charge in [0.15, 0.2) is 11.6 Å². The molecule has 0 spiro atoms. The van der Waals surface area contributed by atoms with Crippen LogP contribution in [0.5, 0.6) is 0 Å². The molecule has 9 nitrogen and oxygen atoms in total. The minimum atomic E-state index is -4.47. The number of ether oxygens (including phenoxy) is 1. The van der Waals surface area contributed by atoms with E-state index in [2.05, 4.69) is 25.4 Å². The lowest BCUT2D eigenvalue weighted by molar-refractivity contribution is -0.137. The Morgan fingerprint density at radius 1 is 0.947 bits per heavy atom. The minimum Gasteiger partial charge on any atom is -0.378 e. The topological polar surface area (TPSA) is 84.2 Å². The first-order valence-corrected chi connectivity index (χ1v) is 11.7. The highest BCUT2D eigenvalue weighted by atomic mass is 19.4. The zero-order valence-corrected chi connectivity index (χ0v) is 20.6. The van der Waals surface area contributed by atoms with Gasteiger partial charge in [0, 0.05) is 44.8 Å². The number of hydrogen-bond donors (Lipinski definition) is 1. The molecule has 3 aromatic heterocycles. The molecule has 1 fully saturated rings. The number of nitrogens with zero attached hydrogens (tertiary/aromatic N) is 7. The molecule has 13 heteroatoms. The summed E-state index contributed by atoms with van der Waals surface area (Å²) in [5, 5.41) is 7.44. The second-order valence-corrected chi connectivity index (χ2v) is 8.80. The van der Waals surface area contributed by atoms with Crippen LogP contribution < -0.4 is 15.1 Å². The maximum atomic E-state index is 14.4. The highest BCUT2D eigenvalue weighted by Gasteiger charge is 2.31. The molecule has 4 heterocycles. The summed E-state index contributed by atoms with van der Waals surface area (Å²) >= 11 is 0. The van der Waals surface area contributed by atoms with Crippen molar-refractivity contribution in [2.24, 2.45) is 0 Å². The lowest BCUT2D eigenvalue weighted by Gasteiger charge is -2.27. The van der Waals surface area contributed by atoms with E-state index in [0.717, 1.165) is 18.3 Å². The number of benzene rings is 1. The number of hydrogen-bond acceptors (Lipinski definition) is 8. The van der Waals surface area contributed by atoms with Crippen LogP contribution in [0.2, 0.25) is 0 Å². The van der Waals surface area contributed by atoms with Gasteiger partial charge in [0.05, 0.1) is 42.6 Å². The van der Waals surface area contributed by atoms with Crippen molar-refractivity contribution in [1.29, 1.82) is 0 Å². The molecule has 0 unspecified atom stereocenters. The molecule has 1 aliphatic heterocycles. The number of morpholine rings is 1. The second kappa shape index (κ2) is 10.2. The lowest BCUT2D eigenvalue weighted by Crippen LogP contribution is -2.37. The molecule has 0 saturated carbocycles. The zero-order chi connectivity index (χ0) is 26.9. The molecule has 1 saturated heterocycles. The number of anilines is 4. The molecular weight excluding hydrogens is 504 g/mol. The summed E-state index contributed by atoms with van der Waals surface area (Å²) in [5.74, 6) is -0.124. The lowest BCUT2D eigenvalue weighted by atomic mass is 10.1. The highest BCUT2D eigenvalue weighted by Crippen LogP contribution is 2.35. The summed E-state index contributed by atoms with van der Waals surface area (Å²) in [7, 11) is 3.35. The van der Waals surface area contributed by atoms with Crippen molar-refractivity contribution in [3.05, 3.63) is 66.4 Å². The summed E-state index contributed by atoms with van der Waals surface area (Å²) in [6.07, 6.45) is -0.205. The van der Waals surface area contributed by atoms with E-state index in [9.17, 15) is 17.6 Å². The highest BCUT2D eigenvalue weighted by molar-refractivity contribution is 5.67. The minimum absolute atomic E-state index is 0.191. The SMILES string of the molecule is CN(C)c1cc(Nc2ccc(-c3ccn(-c4ncc(F)c(N5CCOCC5)n4)n3)nc2)cc(C(F)(F)F)c1. The first-order chi connectivity index (χ1) is 18.2. The Morgan fingerprint density at radius 3 is 2.42 bits per heavy atom. The number of nitrogens with one attached hydrogen (secondary N) is 1. The third kappa shape index (κ3) is 5.52. The van der Waals surface area contributed by atoms with Crippen LogP contribution in [-0.2, 0) is 10.9 Å². The first-order valence-electron chi connectivity index (χ1n) is 11.7. The maximum Gasteiger partial charge on any atom is 0.416 e. The van der Waals surface area contributed by atoms with Gasteiger partial charge in [-0.05, 0) is 36.4 Å². The molecule has 38 heavy (non-hydrogen) atoms. The molecule has 0 bridgehead atoms. The number of alkyl halides is 3. The fraction of sp³-hybridized carbons (Fsp3) is 0.280. The van der Waals surface area contributed by atoms with Crippen LogP contribution in [0.1, 0.15) is 5.56 Å². The average molecular weight is 529 g/mol. The van der Waals surface area contributed by atoms with Crippen molar-refractivity contribution in [1.82, 2.24) is 24.7 Å². The largest absolute Gasteiger partial charge is 0.416 e. The van der Waals surface area contributed by atoms with Crippen LogP contribution in [-0.4, -0.2) is 65.1 Å². The molecule has 5 rings (SSSR count). The first kappa shape index (κ1) is 25.4. The van der Waals surface area contributed by atoms with E-state index in [1.54, 1.807) is 54.4 Å². The Bertz CT molecular complexity index is 1420. The zero-order valence-electron chi connectivity index (χ0n) is 20.6. The van der Waals surface area contributed by atoms with Gasteiger partial charge in [-0.15, -0.1) is 0 Å². The average Bonchev–Trinajstić information content (AvgIpc) is 3.39. The number of aromatic nitrogens is 5. The van der Waals surface area contributed by atoms with Crippen LogP contribution in [0, 0.1) is 5.82 Å². The van der Waals surface area contributed by atoms with Crippen molar-refractivity contribution in [2.45, 2.75) is 6.18 Å². The molecule has 1 aromatic carbocycles. The quantitative estimate of drug-likeness (QED) is 0.366. The van der Waals surface area contributed by atoms with Gasteiger partial charge in [-0.25, -0.2) is 14.1 Å². The predicted octanol–water partition coefficient (Wildman–Crippen LogP) is 4.53.